The minimum Gasteiger partial charge on any atom is -0.335 e. The molecule has 1 amide bonds. The molecule has 1 unspecified atom stereocenters. The van der Waals surface area contributed by atoms with E-state index in [-0.39, 0.29) is 11.2 Å². The average molecular weight is 446 g/mol. The molecule has 1 aromatic heterocycles. The van der Waals surface area contributed by atoms with Crippen LogP contribution in [0.15, 0.2) is 64.2 Å². The monoisotopic (exact) mass is 445 g/mol. The zero-order valence-electron chi connectivity index (χ0n) is 15.0. The molecule has 0 saturated carbocycles. The van der Waals surface area contributed by atoms with Crippen LogP contribution in [0.2, 0.25) is 0 Å². The zero-order valence-corrected chi connectivity index (χ0v) is 17.4. The summed E-state index contributed by atoms with van der Waals surface area (Å²) < 4.78 is 2.30. The molecule has 0 bridgehead atoms. The highest BCUT2D eigenvalue weighted by Crippen LogP contribution is 2.30. The predicted molar refractivity (Wildman–Crippen MR) is 113 cm³/mol. The lowest BCUT2D eigenvalue weighted by molar-refractivity contribution is -0.117. The number of hydrogen-bond acceptors (Lipinski definition) is 5. The standard InChI is InChI=1S/C19H20BrN5OS/c1-3-24(14-9-5-4-6-10-14)18(26)13(2)27-19-23-22-17(25(19)21)15-11-7-8-12-16(15)20/h4-13H,3,21H2,1-2H3. The van der Waals surface area contributed by atoms with Gasteiger partial charge in [-0.1, -0.05) is 58.0 Å². The lowest BCUT2D eigenvalue weighted by Gasteiger charge is -2.24. The summed E-state index contributed by atoms with van der Waals surface area (Å²) in [5, 5.41) is 8.50. The molecule has 3 aromatic rings. The molecule has 2 N–H and O–H groups in total. The number of nitrogen functional groups attached to an aromatic ring is 1. The van der Waals surface area contributed by atoms with Crippen LogP contribution in [0.25, 0.3) is 11.4 Å². The Balaban J connectivity index is 1.79. The maximum atomic E-state index is 12.9. The summed E-state index contributed by atoms with van der Waals surface area (Å²) in [6, 6.07) is 17.3. The van der Waals surface area contributed by atoms with Crippen LogP contribution in [0.3, 0.4) is 0 Å². The zero-order chi connectivity index (χ0) is 19.4. The van der Waals surface area contributed by atoms with E-state index in [0.29, 0.717) is 17.5 Å². The molecule has 27 heavy (non-hydrogen) atoms. The van der Waals surface area contributed by atoms with E-state index in [2.05, 4.69) is 26.1 Å². The molecule has 0 aliphatic carbocycles. The van der Waals surface area contributed by atoms with E-state index in [0.717, 1.165) is 15.7 Å². The van der Waals surface area contributed by atoms with E-state index in [4.69, 9.17) is 5.84 Å². The van der Waals surface area contributed by atoms with Crippen molar-refractivity contribution in [2.75, 3.05) is 17.3 Å². The highest BCUT2D eigenvalue weighted by molar-refractivity contribution is 9.10. The molecule has 0 spiro atoms. The molecule has 0 fully saturated rings. The van der Waals surface area contributed by atoms with E-state index in [1.807, 2.05) is 68.4 Å². The van der Waals surface area contributed by atoms with Gasteiger partial charge >= 0.3 is 0 Å². The van der Waals surface area contributed by atoms with Crippen LogP contribution in [0.4, 0.5) is 5.69 Å². The number of para-hydroxylation sites is 1. The number of nitrogens with zero attached hydrogens (tertiary/aromatic N) is 4. The lowest BCUT2D eigenvalue weighted by atomic mass is 10.2. The predicted octanol–water partition coefficient (Wildman–Crippen LogP) is 3.96. The second kappa shape index (κ2) is 8.58. The second-order valence-electron chi connectivity index (χ2n) is 5.83. The largest absolute Gasteiger partial charge is 0.335 e. The number of rotatable bonds is 6. The number of hydrogen-bond donors (Lipinski definition) is 1. The summed E-state index contributed by atoms with van der Waals surface area (Å²) in [6.07, 6.45) is 0. The van der Waals surface area contributed by atoms with Crippen molar-refractivity contribution in [2.24, 2.45) is 0 Å². The van der Waals surface area contributed by atoms with Crippen LogP contribution in [-0.4, -0.2) is 32.6 Å². The van der Waals surface area contributed by atoms with Gasteiger partial charge in [-0.15, -0.1) is 10.2 Å². The Morgan fingerprint density at radius 1 is 1.19 bits per heavy atom. The number of halogens is 1. The fraction of sp³-hybridized carbons (Fsp3) is 0.211. The van der Waals surface area contributed by atoms with Gasteiger partial charge in [0, 0.05) is 22.3 Å². The summed E-state index contributed by atoms with van der Waals surface area (Å²) in [4.78, 5) is 14.7. The number of carbonyl (C=O) groups is 1. The SMILES string of the molecule is CCN(C(=O)C(C)Sc1nnc(-c2ccccc2Br)n1N)c1ccccc1. The van der Waals surface area contributed by atoms with E-state index >= 15 is 0 Å². The highest BCUT2D eigenvalue weighted by atomic mass is 79.9. The van der Waals surface area contributed by atoms with Gasteiger partial charge in [-0.25, -0.2) is 4.68 Å². The van der Waals surface area contributed by atoms with Crippen LogP contribution in [0.5, 0.6) is 0 Å². The molecule has 3 rings (SSSR count). The molecule has 0 radical (unpaired) electrons. The van der Waals surface area contributed by atoms with Crippen molar-refractivity contribution in [1.29, 1.82) is 0 Å². The third kappa shape index (κ3) is 4.17. The Bertz CT molecular complexity index is 931. The normalized spacial score (nSPS) is 12.0. The first-order chi connectivity index (χ1) is 13.0. The van der Waals surface area contributed by atoms with Gasteiger partial charge in [-0.2, -0.15) is 0 Å². The van der Waals surface area contributed by atoms with Crippen LogP contribution in [-0.2, 0) is 4.79 Å². The van der Waals surface area contributed by atoms with Crippen molar-refractivity contribution in [1.82, 2.24) is 14.9 Å². The van der Waals surface area contributed by atoms with Gasteiger partial charge in [0.15, 0.2) is 5.82 Å². The van der Waals surface area contributed by atoms with E-state index in [1.165, 1.54) is 16.4 Å². The Hall–Kier alpha value is -2.32. The summed E-state index contributed by atoms with van der Waals surface area (Å²) >= 11 is 4.80. The fourth-order valence-corrected chi connectivity index (χ4v) is 3.98. The van der Waals surface area contributed by atoms with E-state index < -0.39 is 0 Å². The Kier molecular flexibility index (Phi) is 6.18. The lowest BCUT2D eigenvalue weighted by Crippen LogP contribution is -2.36. The summed E-state index contributed by atoms with van der Waals surface area (Å²) in [5.74, 6) is 6.74. The Morgan fingerprint density at radius 3 is 2.52 bits per heavy atom. The van der Waals surface area contributed by atoms with Crippen LogP contribution >= 0.6 is 27.7 Å². The van der Waals surface area contributed by atoms with Crippen molar-refractivity contribution in [3.63, 3.8) is 0 Å². The first-order valence-electron chi connectivity index (χ1n) is 8.51. The highest BCUT2D eigenvalue weighted by Gasteiger charge is 2.24. The van der Waals surface area contributed by atoms with Gasteiger partial charge in [-0.3, -0.25) is 4.79 Å². The topological polar surface area (TPSA) is 77.0 Å². The quantitative estimate of drug-likeness (QED) is 0.458. The summed E-state index contributed by atoms with van der Waals surface area (Å²) in [6.45, 7) is 4.40. The molecule has 140 valence electrons. The van der Waals surface area contributed by atoms with Gasteiger partial charge in [0.2, 0.25) is 11.1 Å². The molecular formula is C19H20BrN5OS. The second-order valence-corrected chi connectivity index (χ2v) is 8.00. The fourth-order valence-electron chi connectivity index (χ4n) is 2.69. The Morgan fingerprint density at radius 2 is 1.85 bits per heavy atom. The van der Waals surface area contributed by atoms with E-state index in [1.54, 1.807) is 4.90 Å². The van der Waals surface area contributed by atoms with Gasteiger partial charge in [0.05, 0.1) is 5.25 Å². The molecule has 0 aliphatic rings. The van der Waals surface area contributed by atoms with Gasteiger partial charge in [0.25, 0.3) is 0 Å². The Labute approximate surface area is 170 Å². The first-order valence-corrected chi connectivity index (χ1v) is 10.2. The molecule has 0 saturated heterocycles. The molecule has 1 heterocycles. The average Bonchev–Trinajstić information content (AvgIpc) is 3.04. The van der Waals surface area contributed by atoms with Crippen molar-refractivity contribution < 1.29 is 4.79 Å². The van der Waals surface area contributed by atoms with Crippen LogP contribution in [0, 0.1) is 0 Å². The van der Waals surface area contributed by atoms with Crippen molar-refractivity contribution >= 4 is 39.3 Å². The number of nitrogens with two attached hydrogens (primary N) is 1. The molecule has 6 nitrogen and oxygen atoms in total. The van der Waals surface area contributed by atoms with Gasteiger partial charge in [0.1, 0.15) is 0 Å². The third-order valence-corrected chi connectivity index (χ3v) is 5.80. The van der Waals surface area contributed by atoms with Crippen LogP contribution < -0.4 is 10.7 Å². The number of amides is 1. The number of carbonyl (C=O) groups excluding carboxylic acids is 1. The maximum Gasteiger partial charge on any atom is 0.240 e. The molecular weight excluding hydrogens is 426 g/mol. The summed E-state index contributed by atoms with van der Waals surface area (Å²) in [5.41, 5.74) is 1.72. The minimum absolute atomic E-state index is 0.000795. The number of thioether (sulfide) groups is 1. The smallest absolute Gasteiger partial charge is 0.240 e. The summed E-state index contributed by atoms with van der Waals surface area (Å²) in [7, 11) is 0. The molecule has 0 aliphatic heterocycles. The minimum atomic E-state index is -0.358. The van der Waals surface area contributed by atoms with E-state index in [9.17, 15) is 4.79 Å². The third-order valence-electron chi connectivity index (χ3n) is 4.06. The first kappa shape index (κ1) is 19.4. The van der Waals surface area contributed by atoms with Crippen molar-refractivity contribution in [2.45, 2.75) is 24.3 Å². The van der Waals surface area contributed by atoms with Gasteiger partial charge < -0.3 is 10.7 Å². The molecule has 8 heteroatoms. The van der Waals surface area contributed by atoms with Gasteiger partial charge in [-0.05, 0) is 38.1 Å². The van der Waals surface area contributed by atoms with Crippen LogP contribution in [0.1, 0.15) is 13.8 Å². The number of aromatic nitrogens is 3. The maximum absolute atomic E-state index is 12.9. The molecule has 1 atom stereocenters. The molecule has 2 aromatic carbocycles. The van der Waals surface area contributed by atoms with Crippen molar-refractivity contribution in [3.8, 4) is 11.4 Å². The number of anilines is 1. The number of benzene rings is 2. The van der Waals surface area contributed by atoms with Crippen molar-refractivity contribution in [3.05, 3.63) is 59.1 Å².